The molecule has 3 nitrogen and oxygen atoms in total. The van der Waals surface area contributed by atoms with Crippen molar-refractivity contribution < 1.29 is 9.59 Å². The Kier molecular flexibility index (Phi) is 4.42. The van der Waals surface area contributed by atoms with E-state index in [-0.39, 0.29) is 0 Å². The van der Waals surface area contributed by atoms with Gasteiger partial charge in [-0.05, 0) is 12.5 Å². The van der Waals surface area contributed by atoms with E-state index in [0.717, 1.165) is 0 Å². The van der Waals surface area contributed by atoms with Crippen LogP contribution in [0.15, 0.2) is 30.3 Å². The molecule has 1 atom stereocenters. The normalized spacial score (nSPS) is 14.8. The molecule has 1 aromatic rings. The Labute approximate surface area is 114 Å². The molecule has 0 aromatic heterocycles. The van der Waals surface area contributed by atoms with E-state index >= 15 is 0 Å². The van der Waals surface area contributed by atoms with Crippen molar-refractivity contribution in [2.45, 2.75) is 16.3 Å². The van der Waals surface area contributed by atoms with Gasteiger partial charge in [0, 0.05) is 0 Å². The highest BCUT2D eigenvalue weighted by Gasteiger charge is 2.37. The fourth-order valence-electron chi connectivity index (χ4n) is 1.26. The van der Waals surface area contributed by atoms with Crippen LogP contribution in [-0.2, 0) is 15.1 Å². The summed E-state index contributed by atoms with van der Waals surface area (Å²) in [5.41, 5.74) is -0.611. The minimum absolute atomic E-state index is 0.594. The van der Waals surface area contributed by atoms with E-state index in [4.69, 9.17) is 34.8 Å². The number of benzene rings is 1. The van der Waals surface area contributed by atoms with E-state index in [1.165, 1.54) is 6.92 Å². The molecule has 0 fully saturated rings. The average molecular weight is 295 g/mol. The van der Waals surface area contributed by atoms with Gasteiger partial charge in [-0.15, -0.1) is 0 Å². The maximum absolute atomic E-state index is 11.5. The summed E-state index contributed by atoms with van der Waals surface area (Å²) in [4.78, 5) is 22.7. The van der Waals surface area contributed by atoms with Crippen LogP contribution in [0.3, 0.4) is 0 Å². The summed E-state index contributed by atoms with van der Waals surface area (Å²) in [6.07, 6.45) is 0.594. The van der Waals surface area contributed by atoms with Crippen LogP contribution in [0, 0.1) is 0 Å². The number of nitrogens with one attached hydrogen (secondary N) is 1. The molecular weight excluding hydrogens is 284 g/mol. The quantitative estimate of drug-likeness (QED) is 0.688. The maximum Gasteiger partial charge on any atom is 0.273 e. The molecule has 0 unspecified atom stereocenters. The fourth-order valence-corrected chi connectivity index (χ4v) is 1.40. The van der Waals surface area contributed by atoms with Gasteiger partial charge in [0.05, 0.1) is 0 Å². The number of hydrogen-bond donors (Lipinski definition) is 1. The minimum Gasteiger partial charge on any atom is -0.336 e. The third kappa shape index (κ3) is 3.60. The number of halogens is 3. The molecule has 0 saturated heterocycles. The zero-order chi connectivity index (χ0) is 13.1. The van der Waals surface area contributed by atoms with Gasteiger partial charge in [0.1, 0.15) is 11.8 Å². The highest BCUT2D eigenvalue weighted by molar-refractivity contribution is 6.76. The standard InChI is InChI=1S/C11H10Cl3NO2/c1-10(7-16,8-5-3-2-4-6-8)15-9(17)11(12,13)14/h2-7H,1H3,(H,15,17)/t10-/m1/s1. The van der Waals surface area contributed by atoms with Crippen LogP contribution in [0.2, 0.25) is 0 Å². The monoisotopic (exact) mass is 293 g/mol. The summed E-state index contributed by atoms with van der Waals surface area (Å²) in [5, 5.41) is 2.40. The first kappa shape index (κ1) is 14.3. The highest BCUT2D eigenvalue weighted by Crippen LogP contribution is 2.28. The molecule has 0 saturated carbocycles. The lowest BCUT2D eigenvalue weighted by Gasteiger charge is -2.27. The van der Waals surface area contributed by atoms with Gasteiger partial charge in [-0.3, -0.25) is 4.79 Å². The van der Waals surface area contributed by atoms with Crippen molar-refractivity contribution in [2.24, 2.45) is 0 Å². The van der Waals surface area contributed by atoms with E-state index in [9.17, 15) is 9.59 Å². The molecule has 1 N–H and O–H groups in total. The van der Waals surface area contributed by atoms with Gasteiger partial charge in [0.25, 0.3) is 9.70 Å². The van der Waals surface area contributed by atoms with Gasteiger partial charge < -0.3 is 10.1 Å². The summed E-state index contributed by atoms with van der Waals surface area (Å²) in [7, 11) is 0. The largest absolute Gasteiger partial charge is 0.336 e. The smallest absolute Gasteiger partial charge is 0.273 e. The zero-order valence-electron chi connectivity index (χ0n) is 8.91. The lowest BCUT2D eigenvalue weighted by molar-refractivity contribution is -0.125. The fraction of sp³-hybridized carbons (Fsp3) is 0.273. The van der Waals surface area contributed by atoms with Crippen LogP contribution in [0.1, 0.15) is 12.5 Å². The first-order chi connectivity index (χ1) is 7.79. The predicted molar refractivity (Wildman–Crippen MR) is 68.3 cm³/mol. The van der Waals surface area contributed by atoms with Crippen molar-refractivity contribution in [1.29, 1.82) is 0 Å². The van der Waals surface area contributed by atoms with Gasteiger partial charge in [0.2, 0.25) is 0 Å². The van der Waals surface area contributed by atoms with Crippen LogP contribution < -0.4 is 5.32 Å². The molecule has 17 heavy (non-hydrogen) atoms. The van der Waals surface area contributed by atoms with Crippen molar-refractivity contribution >= 4 is 47.0 Å². The third-order valence-electron chi connectivity index (χ3n) is 2.24. The van der Waals surface area contributed by atoms with Crippen molar-refractivity contribution in [3.05, 3.63) is 35.9 Å². The molecule has 0 aliphatic rings. The SMILES string of the molecule is C[C@](C=O)(NC(=O)C(Cl)(Cl)Cl)c1ccccc1. The van der Waals surface area contributed by atoms with Gasteiger partial charge in [-0.25, -0.2) is 0 Å². The molecule has 0 aliphatic carbocycles. The van der Waals surface area contributed by atoms with Crippen LogP contribution in [0.4, 0.5) is 0 Å². The second-order valence-electron chi connectivity index (χ2n) is 3.64. The summed E-state index contributed by atoms with van der Waals surface area (Å²) < 4.78 is -2.10. The molecule has 1 aromatic carbocycles. The van der Waals surface area contributed by atoms with Crippen molar-refractivity contribution in [1.82, 2.24) is 5.32 Å². The Morgan fingerprint density at radius 1 is 1.24 bits per heavy atom. The van der Waals surface area contributed by atoms with E-state index < -0.39 is 15.2 Å². The molecule has 0 aliphatic heterocycles. The van der Waals surface area contributed by atoms with Crippen LogP contribution in [-0.4, -0.2) is 16.0 Å². The minimum atomic E-state index is -2.10. The van der Waals surface area contributed by atoms with Gasteiger partial charge in [-0.1, -0.05) is 65.1 Å². The Balaban J connectivity index is 2.99. The maximum atomic E-state index is 11.5. The van der Waals surface area contributed by atoms with Crippen molar-refractivity contribution in [3.63, 3.8) is 0 Å². The van der Waals surface area contributed by atoms with Crippen molar-refractivity contribution in [2.75, 3.05) is 0 Å². The molecule has 0 radical (unpaired) electrons. The summed E-state index contributed by atoms with van der Waals surface area (Å²) >= 11 is 16.3. The Morgan fingerprint density at radius 3 is 2.18 bits per heavy atom. The third-order valence-corrected chi connectivity index (χ3v) is 2.75. The van der Waals surface area contributed by atoms with E-state index in [1.54, 1.807) is 30.3 Å². The van der Waals surface area contributed by atoms with Crippen molar-refractivity contribution in [3.8, 4) is 0 Å². The van der Waals surface area contributed by atoms with E-state index in [2.05, 4.69) is 5.32 Å². The number of alkyl halides is 3. The van der Waals surface area contributed by atoms with E-state index in [0.29, 0.717) is 11.8 Å². The molecule has 1 amide bonds. The number of carbonyl (C=O) groups excluding carboxylic acids is 2. The Morgan fingerprint density at radius 2 is 1.76 bits per heavy atom. The Bertz CT molecular complexity index is 416. The van der Waals surface area contributed by atoms with Crippen LogP contribution in [0.5, 0.6) is 0 Å². The topological polar surface area (TPSA) is 46.2 Å². The molecule has 0 spiro atoms. The number of rotatable bonds is 3. The second-order valence-corrected chi connectivity index (χ2v) is 5.92. The lowest BCUT2D eigenvalue weighted by Crippen LogP contribution is -2.49. The van der Waals surface area contributed by atoms with Crippen LogP contribution in [0.25, 0.3) is 0 Å². The average Bonchev–Trinajstić information content (AvgIpc) is 2.28. The number of aldehydes is 1. The molecule has 0 heterocycles. The number of amides is 1. The predicted octanol–water partition coefficient (Wildman–Crippen LogP) is 2.59. The highest BCUT2D eigenvalue weighted by atomic mass is 35.6. The summed E-state index contributed by atoms with van der Waals surface area (Å²) in [5.74, 6) is -0.846. The molecule has 1 rings (SSSR count). The number of hydrogen-bond acceptors (Lipinski definition) is 2. The Hall–Kier alpha value is -0.770. The number of carbonyl (C=O) groups is 2. The van der Waals surface area contributed by atoms with E-state index in [1.807, 2.05) is 0 Å². The van der Waals surface area contributed by atoms with Gasteiger partial charge in [0.15, 0.2) is 0 Å². The molecule has 92 valence electrons. The molecule has 6 heteroatoms. The zero-order valence-corrected chi connectivity index (χ0v) is 11.2. The molecule has 0 bridgehead atoms. The van der Waals surface area contributed by atoms with Crippen LogP contribution >= 0.6 is 34.8 Å². The summed E-state index contributed by atoms with van der Waals surface area (Å²) in [6.45, 7) is 1.53. The first-order valence-electron chi connectivity index (χ1n) is 4.71. The van der Waals surface area contributed by atoms with Gasteiger partial charge in [-0.2, -0.15) is 0 Å². The van der Waals surface area contributed by atoms with Gasteiger partial charge >= 0.3 is 0 Å². The second kappa shape index (κ2) is 5.25. The lowest BCUT2D eigenvalue weighted by atomic mass is 9.94. The molecular formula is C11H10Cl3NO2. The summed E-state index contributed by atoms with van der Waals surface area (Å²) in [6, 6.07) is 8.70. The first-order valence-corrected chi connectivity index (χ1v) is 5.84.